The molecule has 0 aromatic heterocycles. The molecule has 0 heterocycles. The van der Waals surface area contributed by atoms with Gasteiger partial charge < -0.3 is 5.32 Å². The highest BCUT2D eigenvalue weighted by Crippen LogP contribution is 2.58. The Morgan fingerprint density at radius 3 is 2.00 bits per heavy atom. The molecule has 4 aliphatic carbocycles. The van der Waals surface area contributed by atoms with Crippen LogP contribution in [0.15, 0.2) is 0 Å². The molecule has 4 bridgehead atoms. The van der Waals surface area contributed by atoms with E-state index in [0.717, 1.165) is 35.5 Å². The zero-order valence-electron chi connectivity index (χ0n) is 10.9. The van der Waals surface area contributed by atoms with E-state index in [1.165, 1.54) is 13.0 Å². The average molecular weight is 221 g/mol. The summed E-state index contributed by atoms with van der Waals surface area (Å²) in [6, 6.07) is 0. The summed E-state index contributed by atoms with van der Waals surface area (Å²) in [7, 11) is 2.12. The first-order valence-electron chi connectivity index (χ1n) is 7.46. The van der Waals surface area contributed by atoms with E-state index in [4.69, 9.17) is 0 Å². The van der Waals surface area contributed by atoms with Gasteiger partial charge >= 0.3 is 0 Å². The minimum absolute atomic E-state index is 0.958. The molecule has 0 aliphatic heterocycles. The summed E-state index contributed by atoms with van der Waals surface area (Å²) in [4.78, 5) is 0. The maximum absolute atomic E-state index is 3.43. The minimum atomic E-state index is 0.958. The second kappa shape index (κ2) is 4.33. The van der Waals surface area contributed by atoms with E-state index in [1.807, 2.05) is 0 Å². The maximum Gasteiger partial charge on any atom is -0.00208 e. The predicted molar refractivity (Wildman–Crippen MR) is 68.2 cm³/mol. The van der Waals surface area contributed by atoms with Crippen molar-refractivity contribution >= 4 is 0 Å². The highest BCUT2D eigenvalue weighted by Gasteiger charge is 2.49. The highest BCUT2D eigenvalue weighted by molar-refractivity contribution is 4.99. The van der Waals surface area contributed by atoms with Crippen LogP contribution in [0, 0.1) is 35.5 Å². The summed E-state index contributed by atoms with van der Waals surface area (Å²) < 4.78 is 0. The standard InChI is InChI=1S/C15H27N/c1-3-12(9-16-2)15-13-5-10-4-11(7-13)8-14(15)6-10/h10-16H,3-9H2,1-2H3. The first kappa shape index (κ1) is 11.1. The third-order valence-corrected chi connectivity index (χ3v) is 5.83. The van der Waals surface area contributed by atoms with E-state index in [1.54, 1.807) is 32.1 Å². The lowest BCUT2D eigenvalue weighted by atomic mass is 9.49. The molecule has 0 saturated heterocycles. The van der Waals surface area contributed by atoms with Gasteiger partial charge in [-0.3, -0.25) is 0 Å². The van der Waals surface area contributed by atoms with Crippen LogP contribution in [0.25, 0.3) is 0 Å². The van der Waals surface area contributed by atoms with Crippen molar-refractivity contribution in [3.05, 3.63) is 0 Å². The van der Waals surface area contributed by atoms with Gasteiger partial charge in [-0.1, -0.05) is 13.3 Å². The van der Waals surface area contributed by atoms with Gasteiger partial charge in [0.05, 0.1) is 0 Å². The number of hydrogen-bond acceptors (Lipinski definition) is 1. The van der Waals surface area contributed by atoms with Crippen LogP contribution in [0.5, 0.6) is 0 Å². The van der Waals surface area contributed by atoms with E-state index < -0.39 is 0 Å². The molecule has 1 unspecified atom stereocenters. The van der Waals surface area contributed by atoms with Crippen molar-refractivity contribution in [2.75, 3.05) is 13.6 Å². The predicted octanol–water partition coefficient (Wildman–Crippen LogP) is 3.30. The number of hydrogen-bond donors (Lipinski definition) is 1. The van der Waals surface area contributed by atoms with Crippen LogP contribution in [-0.2, 0) is 0 Å². The quantitative estimate of drug-likeness (QED) is 0.768. The fraction of sp³-hybridized carbons (Fsp3) is 1.00. The summed E-state index contributed by atoms with van der Waals surface area (Å²) in [6.45, 7) is 3.65. The van der Waals surface area contributed by atoms with Crippen molar-refractivity contribution in [2.24, 2.45) is 35.5 Å². The number of nitrogens with one attached hydrogen (secondary N) is 1. The van der Waals surface area contributed by atoms with Gasteiger partial charge in [-0.15, -0.1) is 0 Å². The summed E-state index contributed by atoms with van der Waals surface area (Å²) in [5, 5.41) is 3.43. The molecule has 0 spiro atoms. The Bertz CT molecular complexity index is 217. The van der Waals surface area contributed by atoms with Gasteiger partial charge in [-0.25, -0.2) is 0 Å². The van der Waals surface area contributed by atoms with Gasteiger partial charge in [0.25, 0.3) is 0 Å². The van der Waals surface area contributed by atoms with Crippen LogP contribution in [-0.4, -0.2) is 13.6 Å². The third-order valence-electron chi connectivity index (χ3n) is 5.83. The lowest BCUT2D eigenvalue weighted by molar-refractivity contribution is -0.0617. The van der Waals surface area contributed by atoms with Gasteiger partial charge in [0, 0.05) is 0 Å². The lowest BCUT2D eigenvalue weighted by Gasteiger charge is -2.56. The molecular formula is C15H27N. The Morgan fingerprint density at radius 1 is 1.00 bits per heavy atom. The van der Waals surface area contributed by atoms with Crippen molar-refractivity contribution in [3.63, 3.8) is 0 Å². The monoisotopic (exact) mass is 221 g/mol. The Kier molecular flexibility index (Phi) is 2.99. The van der Waals surface area contributed by atoms with Crippen molar-refractivity contribution < 1.29 is 0 Å². The van der Waals surface area contributed by atoms with E-state index >= 15 is 0 Å². The SMILES string of the molecule is CCC(CNC)C1C2CC3CC(C2)CC1C3. The number of rotatable bonds is 4. The molecule has 1 nitrogen and oxygen atoms in total. The van der Waals surface area contributed by atoms with Crippen LogP contribution in [0.1, 0.15) is 45.4 Å². The fourth-order valence-corrected chi connectivity index (χ4v) is 5.55. The van der Waals surface area contributed by atoms with Crippen molar-refractivity contribution in [3.8, 4) is 0 Å². The molecule has 1 heteroatoms. The molecule has 1 N–H and O–H groups in total. The highest BCUT2D eigenvalue weighted by atomic mass is 14.8. The second-order valence-electron chi connectivity index (χ2n) is 6.73. The van der Waals surface area contributed by atoms with Crippen LogP contribution in [0.4, 0.5) is 0 Å². The van der Waals surface area contributed by atoms with Crippen molar-refractivity contribution in [2.45, 2.75) is 45.4 Å². The smallest absolute Gasteiger partial charge is 0.00208 e. The van der Waals surface area contributed by atoms with Gasteiger partial charge in [0.15, 0.2) is 0 Å². The minimum Gasteiger partial charge on any atom is -0.319 e. The van der Waals surface area contributed by atoms with Crippen LogP contribution < -0.4 is 5.32 Å². The molecule has 4 aliphatic rings. The van der Waals surface area contributed by atoms with Crippen LogP contribution in [0.3, 0.4) is 0 Å². The molecule has 0 amide bonds. The van der Waals surface area contributed by atoms with Crippen molar-refractivity contribution in [1.29, 1.82) is 0 Å². The third kappa shape index (κ3) is 1.72. The largest absolute Gasteiger partial charge is 0.319 e. The molecule has 4 fully saturated rings. The normalized spacial score (nSPS) is 47.2. The summed E-state index contributed by atoms with van der Waals surface area (Å²) >= 11 is 0. The molecule has 0 radical (unpaired) electrons. The molecule has 4 rings (SSSR count). The first-order chi connectivity index (χ1) is 7.81. The molecule has 0 aromatic rings. The van der Waals surface area contributed by atoms with Gasteiger partial charge in [0.2, 0.25) is 0 Å². The van der Waals surface area contributed by atoms with Gasteiger partial charge in [0.1, 0.15) is 0 Å². The van der Waals surface area contributed by atoms with E-state index in [2.05, 4.69) is 19.3 Å². The fourth-order valence-electron chi connectivity index (χ4n) is 5.55. The molecular weight excluding hydrogens is 194 g/mol. The van der Waals surface area contributed by atoms with Crippen LogP contribution in [0.2, 0.25) is 0 Å². The molecule has 16 heavy (non-hydrogen) atoms. The summed E-state index contributed by atoms with van der Waals surface area (Å²) in [6.07, 6.45) is 9.29. The Balaban J connectivity index is 1.75. The zero-order valence-corrected chi connectivity index (χ0v) is 10.9. The first-order valence-corrected chi connectivity index (χ1v) is 7.46. The van der Waals surface area contributed by atoms with Gasteiger partial charge in [-0.05, 0) is 81.2 Å². The molecule has 0 aromatic carbocycles. The summed E-state index contributed by atoms with van der Waals surface area (Å²) in [5.41, 5.74) is 0. The Labute approximate surface area is 100 Å². The van der Waals surface area contributed by atoms with E-state index in [-0.39, 0.29) is 0 Å². The topological polar surface area (TPSA) is 12.0 Å². The average Bonchev–Trinajstić information content (AvgIpc) is 2.26. The Morgan fingerprint density at radius 2 is 1.56 bits per heavy atom. The molecule has 1 atom stereocenters. The lowest BCUT2D eigenvalue weighted by Crippen LogP contribution is -2.49. The van der Waals surface area contributed by atoms with Crippen molar-refractivity contribution in [1.82, 2.24) is 5.32 Å². The van der Waals surface area contributed by atoms with E-state index in [9.17, 15) is 0 Å². The van der Waals surface area contributed by atoms with E-state index in [0.29, 0.717) is 0 Å². The second-order valence-corrected chi connectivity index (χ2v) is 6.73. The van der Waals surface area contributed by atoms with Crippen LogP contribution >= 0.6 is 0 Å². The maximum atomic E-state index is 3.43. The summed E-state index contributed by atoms with van der Waals surface area (Å²) in [5.74, 6) is 6.51. The molecule has 92 valence electrons. The zero-order chi connectivity index (χ0) is 11.1. The van der Waals surface area contributed by atoms with Gasteiger partial charge in [-0.2, -0.15) is 0 Å². The Hall–Kier alpha value is -0.0400. The molecule has 4 saturated carbocycles.